The number of nitriles is 1. The Bertz CT molecular complexity index is 1050. The fraction of sp³-hybridized carbons (Fsp3) is 0.304. The van der Waals surface area contributed by atoms with Crippen LogP contribution >= 0.6 is 0 Å². The van der Waals surface area contributed by atoms with Gasteiger partial charge < -0.3 is 9.30 Å². The maximum Gasteiger partial charge on any atom is 0.348 e. The van der Waals surface area contributed by atoms with E-state index in [2.05, 4.69) is 11.5 Å². The van der Waals surface area contributed by atoms with E-state index in [4.69, 9.17) is 4.74 Å². The number of aryl methyl sites for hydroxylation is 1. The second-order valence-corrected chi connectivity index (χ2v) is 7.09. The highest BCUT2D eigenvalue weighted by molar-refractivity contribution is 6.21. The molecule has 0 atom stereocenters. The largest absolute Gasteiger partial charge is 0.460 e. The standard InChI is InChI=1S/C23H23N3O4/c1-4-9-25-15(2)12-17(16(25)3)13-18(14-24)23(29)30-11-10-26-21(27)19-7-5-6-8-20(19)22(26)28/h5-8,12-13H,4,9-11H2,1-3H3/b18-13+. The lowest BCUT2D eigenvalue weighted by molar-refractivity contribution is -0.138. The number of imide groups is 1. The van der Waals surface area contributed by atoms with Crippen LogP contribution in [0.25, 0.3) is 6.08 Å². The maximum atomic E-state index is 12.4. The van der Waals surface area contributed by atoms with E-state index in [1.54, 1.807) is 24.3 Å². The number of nitrogens with zero attached hydrogens (tertiary/aromatic N) is 3. The predicted octanol–water partition coefficient (Wildman–Crippen LogP) is 3.26. The average molecular weight is 405 g/mol. The third-order valence-electron chi connectivity index (χ3n) is 5.13. The lowest BCUT2D eigenvalue weighted by Crippen LogP contribution is -2.33. The summed E-state index contributed by atoms with van der Waals surface area (Å²) in [4.78, 5) is 38.1. The van der Waals surface area contributed by atoms with Gasteiger partial charge in [-0.3, -0.25) is 14.5 Å². The minimum Gasteiger partial charge on any atom is -0.460 e. The highest BCUT2D eigenvalue weighted by Gasteiger charge is 2.34. The molecule has 2 aromatic rings. The molecule has 0 saturated carbocycles. The van der Waals surface area contributed by atoms with Crippen molar-refractivity contribution in [2.45, 2.75) is 33.7 Å². The van der Waals surface area contributed by atoms with Gasteiger partial charge in [0, 0.05) is 17.9 Å². The SMILES string of the molecule is CCCn1c(C)cc(/C=C(\C#N)C(=O)OCCN2C(=O)c3ccccc3C2=O)c1C. The number of aromatic nitrogens is 1. The molecule has 0 spiro atoms. The lowest BCUT2D eigenvalue weighted by atomic mass is 10.1. The first-order valence-corrected chi connectivity index (χ1v) is 9.79. The summed E-state index contributed by atoms with van der Waals surface area (Å²) >= 11 is 0. The normalized spacial score (nSPS) is 13.4. The first-order valence-electron chi connectivity index (χ1n) is 9.79. The molecule has 1 aromatic heterocycles. The number of esters is 1. The third kappa shape index (κ3) is 3.90. The van der Waals surface area contributed by atoms with E-state index < -0.39 is 17.8 Å². The van der Waals surface area contributed by atoms with Crippen LogP contribution in [-0.4, -0.2) is 40.4 Å². The van der Waals surface area contributed by atoms with Crippen LogP contribution in [0.4, 0.5) is 0 Å². The Hall–Kier alpha value is -3.66. The van der Waals surface area contributed by atoms with E-state index in [9.17, 15) is 19.6 Å². The molecule has 0 radical (unpaired) electrons. The molecule has 2 amide bonds. The number of benzene rings is 1. The van der Waals surface area contributed by atoms with Gasteiger partial charge in [-0.2, -0.15) is 5.26 Å². The van der Waals surface area contributed by atoms with Gasteiger partial charge in [0.15, 0.2) is 0 Å². The van der Waals surface area contributed by atoms with Gasteiger partial charge >= 0.3 is 5.97 Å². The molecule has 1 aromatic carbocycles. The summed E-state index contributed by atoms with van der Waals surface area (Å²) in [5.74, 6) is -1.61. The Kier molecular flexibility index (Phi) is 6.17. The van der Waals surface area contributed by atoms with Crippen molar-refractivity contribution in [2.24, 2.45) is 0 Å². The maximum absolute atomic E-state index is 12.4. The van der Waals surface area contributed by atoms with E-state index in [1.165, 1.54) is 6.08 Å². The minimum atomic E-state index is -0.783. The molecule has 1 aliphatic heterocycles. The Balaban J connectivity index is 1.65. The van der Waals surface area contributed by atoms with Gasteiger partial charge in [0.05, 0.1) is 17.7 Å². The van der Waals surface area contributed by atoms with Gasteiger partial charge in [0.2, 0.25) is 0 Å². The Morgan fingerprint density at radius 2 is 1.77 bits per heavy atom. The molecule has 0 saturated heterocycles. The first kappa shape index (κ1) is 21.1. The Morgan fingerprint density at radius 1 is 1.13 bits per heavy atom. The monoisotopic (exact) mass is 405 g/mol. The second kappa shape index (κ2) is 8.78. The van der Waals surface area contributed by atoms with E-state index in [1.807, 2.05) is 26.0 Å². The minimum absolute atomic E-state index is 0.0677. The van der Waals surface area contributed by atoms with Gasteiger partial charge in [0.1, 0.15) is 18.2 Å². The van der Waals surface area contributed by atoms with Crippen LogP contribution in [0.5, 0.6) is 0 Å². The Morgan fingerprint density at radius 3 is 2.33 bits per heavy atom. The van der Waals surface area contributed by atoms with Crippen molar-refractivity contribution < 1.29 is 19.1 Å². The summed E-state index contributed by atoms with van der Waals surface area (Å²) in [6.07, 6.45) is 2.49. The molecule has 0 aliphatic carbocycles. The van der Waals surface area contributed by atoms with Gasteiger partial charge in [0.25, 0.3) is 11.8 Å². The number of fused-ring (bicyclic) bond motifs is 1. The van der Waals surface area contributed by atoms with Crippen molar-refractivity contribution in [2.75, 3.05) is 13.2 Å². The van der Waals surface area contributed by atoms with Crippen molar-refractivity contribution in [3.8, 4) is 6.07 Å². The van der Waals surface area contributed by atoms with Gasteiger partial charge in [-0.15, -0.1) is 0 Å². The third-order valence-corrected chi connectivity index (χ3v) is 5.13. The van der Waals surface area contributed by atoms with Crippen LogP contribution in [0.15, 0.2) is 35.9 Å². The van der Waals surface area contributed by atoms with Crippen LogP contribution in [0.3, 0.4) is 0 Å². The van der Waals surface area contributed by atoms with Crippen molar-refractivity contribution in [3.05, 3.63) is 64.0 Å². The van der Waals surface area contributed by atoms with Crippen molar-refractivity contribution in [3.63, 3.8) is 0 Å². The molecule has 154 valence electrons. The van der Waals surface area contributed by atoms with Crippen molar-refractivity contribution in [1.82, 2.24) is 9.47 Å². The smallest absolute Gasteiger partial charge is 0.348 e. The summed E-state index contributed by atoms with van der Waals surface area (Å²) in [5, 5.41) is 9.40. The molecular weight excluding hydrogens is 382 g/mol. The molecule has 7 nitrogen and oxygen atoms in total. The molecule has 0 unspecified atom stereocenters. The van der Waals surface area contributed by atoms with Crippen LogP contribution in [-0.2, 0) is 16.1 Å². The number of carbonyl (C=O) groups excluding carboxylic acids is 3. The molecule has 2 heterocycles. The second-order valence-electron chi connectivity index (χ2n) is 7.09. The molecule has 30 heavy (non-hydrogen) atoms. The Labute approximate surface area is 175 Å². The van der Waals surface area contributed by atoms with Crippen molar-refractivity contribution >= 4 is 23.9 Å². The molecule has 0 N–H and O–H groups in total. The van der Waals surface area contributed by atoms with E-state index in [0.29, 0.717) is 11.1 Å². The number of ether oxygens (including phenoxy) is 1. The van der Waals surface area contributed by atoms with Crippen LogP contribution in [0.1, 0.15) is 51.0 Å². The number of hydrogen-bond acceptors (Lipinski definition) is 5. The fourth-order valence-electron chi connectivity index (χ4n) is 3.58. The zero-order chi connectivity index (χ0) is 21.8. The molecule has 0 fully saturated rings. The summed E-state index contributed by atoms with van der Waals surface area (Å²) in [6.45, 7) is 6.61. The zero-order valence-corrected chi connectivity index (χ0v) is 17.3. The van der Waals surface area contributed by atoms with Crippen LogP contribution < -0.4 is 0 Å². The summed E-state index contributed by atoms with van der Waals surface area (Å²) < 4.78 is 7.30. The molecule has 1 aliphatic rings. The van der Waals surface area contributed by atoms with Crippen LogP contribution in [0.2, 0.25) is 0 Å². The van der Waals surface area contributed by atoms with Crippen LogP contribution in [0, 0.1) is 25.2 Å². The highest BCUT2D eigenvalue weighted by atomic mass is 16.5. The van der Waals surface area contributed by atoms with Gasteiger partial charge in [-0.05, 0) is 50.1 Å². The van der Waals surface area contributed by atoms with E-state index in [-0.39, 0.29) is 18.7 Å². The average Bonchev–Trinajstić information content (AvgIpc) is 3.14. The molecular formula is C23H23N3O4. The number of carbonyl (C=O) groups is 3. The topological polar surface area (TPSA) is 92.4 Å². The number of amides is 2. The molecule has 7 heteroatoms. The first-order chi connectivity index (χ1) is 14.4. The molecule has 0 bridgehead atoms. The lowest BCUT2D eigenvalue weighted by Gasteiger charge is -2.13. The highest BCUT2D eigenvalue weighted by Crippen LogP contribution is 2.22. The molecule has 3 rings (SSSR count). The van der Waals surface area contributed by atoms with Crippen molar-refractivity contribution in [1.29, 1.82) is 5.26 Å². The zero-order valence-electron chi connectivity index (χ0n) is 17.3. The number of rotatable bonds is 7. The van der Waals surface area contributed by atoms with Gasteiger partial charge in [-0.25, -0.2) is 4.79 Å². The van der Waals surface area contributed by atoms with E-state index in [0.717, 1.165) is 34.8 Å². The summed E-state index contributed by atoms with van der Waals surface area (Å²) in [5.41, 5.74) is 3.37. The predicted molar refractivity (Wildman–Crippen MR) is 111 cm³/mol. The quantitative estimate of drug-likeness (QED) is 0.305. The fourth-order valence-corrected chi connectivity index (χ4v) is 3.58. The van der Waals surface area contributed by atoms with E-state index >= 15 is 0 Å². The summed E-state index contributed by atoms with van der Waals surface area (Å²) in [7, 11) is 0. The van der Waals surface area contributed by atoms with Gasteiger partial charge in [-0.1, -0.05) is 19.1 Å². The number of hydrogen-bond donors (Lipinski definition) is 0. The summed E-state index contributed by atoms with van der Waals surface area (Å²) in [6, 6.07) is 10.4.